The summed E-state index contributed by atoms with van der Waals surface area (Å²) in [5.74, 6) is -0.537. The zero-order valence-electron chi connectivity index (χ0n) is 20.6. The van der Waals surface area contributed by atoms with Crippen molar-refractivity contribution in [1.29, 1.82) is 0 Å². The minimum atomic E-state index is -0.450. The van der Waals surface area contributed by atoms with Crippen molar-refractivity contribution in [3.8, 4) is 5.69 Å². The number of esters is 1. The molecule has 2 aliphatic rings. The maximum absolute atomic E-state index is 13.6. The Bertz CT molecular complexity index is 1180. The molecule has 2 aromatic rings. The number of allylic oxidation sites excluding steroid dienone is 1. The van der Waals surface area contributed by atoms with Gasteiger partial charge in [-0.15, -0.1) is 0 Å². The molecule has 33 heavy (non-hydrogen) atoms. The van der Waals surface area contributed by atoms with Crippen molar-refractivity contribution in [2.75, 3.05) is 7.11 Å². The number of benzene rings is 1. The Morgan fingerprint density at radius 2 is 1.73 bits per heavy atom. The monoisotopic (exact) mass is 446 g/mol. The van der Waals surface area contributed by atoms with Crippen LogP contribution >= 0.6 is 0 Å². The number of carbonyl (C=O) groups excluding carboxylic acids is 2. The van der Waals surface area contributed by atoms with Crippen LogP contribution in [-0.2, 0) is 14.3 Å². The van der Waals surface area contributed by atoms with Gasteiger partial charge in [-0.3, -0.25) is 4.79 Å². The van der Waals surface area contributed by atoms with Gasteiger partial charge in [0.15, 0.2) is 0 Å². The third-order valence-corrected chi connectivity index (χ3v) is 7.13. The summed E-state index contributed by atoms with van der Waals surface area (Å²) >= 11 is 0. The molecule has 1 aromatic carbocycles. The Morgan fingerprint density at radius 1 is 1.03 bits per heavy atom. The van der Waals surface area contributed by atoms with Gasteiger partial charge >= 0.3 is 5.97 Å². The molecule has 1 aliphatic carbocycles. The first-order valence-electron chi connectivity index (χ1n) is 11.9. The second kappa shape index (κ2) is 9.05. The van der Waals surface area contributed by atoms with Gasteiger partial charge in [0.25, 0.3) is 5.91 Å². The molecular weight excluding hydrogens is 412 g/mol. The summed E-state index contributed by atoms with van der Waals surface area (Å²) in [6.07, 6.45) is 7.27. The number of nitrogens with zero attached hydrogens (tertiary/aromatic N) is 2. The van der Waals surface area contributed by atoms with Gasteiger partial charge in [-0.25, -0.2) is 4.79 Å². The Kier molecular flexibility index (Phi) is 6.33. The van der Waals surface area contributed by atoms with Gasteiger partial charge < -0.3 is 14.2 Å². The van der Waals surface area contributed by atoms with Crippen molar-refractivity contribution in [1.82, 2.24) is 9.47 Å². The quantitative estimate of drug-likeness (QED) is 0.446. The van der Waals surface area contributed by atoms with E-state index in [0.29, 0.717) is 16.8 Å². The van der Waals surface area contributed by atoms with Gasteiger partial charge in [0.05, 0.1) is 18.3 Å². The first-order valence-corrected chi connectivity index (χ1v) is 11.9. The highest BCUT2D eigenvalue weighted by Crippen LogP contribution is 2.37. The van der Waals surface area contributed by atoms with Crippen LogP contribution in [0.4, 0.5) is 0 Å². The van der Waals surface area contributed by atoms with E-state index in [0.717, 1.165) is 48.3 Å². The van der Waals surface area contributed by atoms with Crippen LogP contribution in [-0.4, -0.2) is 34.5 Å². The standard InChI is InChI=1S/C28H34N2O3/c1-17-12-13-25(18(2)14-17)29-19(3)15-22(20(29)4)16-24-26(28(32)33-6)21(5)30(27(24)31)23-10-8-7-9-11-23/h12-16,23H,7-11H2,1-6H3/b24-16-. The smallest absolute Gasteiger partial charge is 0.340 e. The summed E-state index contributed by atoms with van der Waals surface area (Å²) in [4.78, 5) is 28.2. The van der Waals surface area contributed by atoms with E-state index in [2.05, 4.69) is 56.5 Å². The van der Waals surface area contributed by atoms with Gasteiger partial charge in [0.2, 0.25) is 0 Å². The number of methoxy groups -OCH3 is 1. The largest absolute Gasteiger partial charge is 0.465 e. The molecule has 0 N–H and O–H groups in total. The number of rotatable bonds is 4. The van der Waals surface area contributed by atoms with Crippen molar-refractivity contribution in [3.63, 3.8) is 0 Å². The van der Waals surface area contributed by atoms with Gasteiger partial charge in [-0.1, -0.05) is 37.0 Å². The number of amides is 1. The third kappa shape index (κ3) is 4.05. The van der Waals surface area contributed by atoms with Gasteiger partial charge in [-0.2, -0.15) is 0 Å². The Balaban J connectivity index is 1.80. The normalized spacial score (nSPS) is 18.5. The van der Waals surface area contributed by atoms with E-state index in [1.54, 1.807) is 0 Å². The maximum Gasteiger partial charge on any atom is 0.340 e. The van der Waals surface area contributed by atoms with Crippen LogP contribution in [0.15, 0.2) is 41.1 Å². The van der Waals surface area contributed by atoms with Crippen LogP contribution < -0.4 is 0 Å². The molecule has 5 heteroatoms. The lowest BCUT2D eigenvalue weighted by Crippen LogP contribution is -2.37. The zero-order valence-corrected chi connectivity index (χ0v) is 20.6. The molecule has 0 radical (unpaired) electrons. The van der Waals surface area contributed by atoms with E-state index >= 15 is 0 Å². The molecule has 0 unspecified atom stereocenters. The van der Waals surface area contributed by atoms with Crippen LogP contribution in [0.25, 0.3) is 11.8 Å². The predicted molar refractivity (Wildman–Crippen MR) is 131 cm³/mol. The van der Waals surface area contributed by atoms with Crippen molar-refractivity contribution >= 4 is 18.0 Å². The van der Waals surface area contributed by atoms with Crippen molar-refractivity contribution < 1.29 is 14.3 Å². The molecular formula is C28H34N2O3. The fourth-order valence-electron chi connectivity index (χ4n) is 5.49. The molecule has 0 bridgehead atoms. The fourth-order valence-corrected chi connectivity index (χ4v) is 5.49. The highest BCUT2D eigenvalue weighted by Gasteiger charge is 2.40. The van der Waals surface area contributed by atoms with E-state index in [9.17, 15) is 9.59 Å². The minimum absolute atomic E-state index is 0.0869. The summed E-state index contributed by atoms with van der Waals surface area (Å²) in [6.45, 7) is 10.2. The van der Waals surface area contributed by atoms with E-state index < -0.39 is 5.97 Å². The minimum Gasteiger partial charge on any atom is -0.465 e. The molecule has 1 aliphatic heterocycles. The summed E-state index contributed by atoms with van der Waals surface area (Å²) < 4.78 is 7.31. The maximum atomic E-state index is 13.6. The van der Waals surface area contributed by atoms with Crippen LogP contribution in [0.2, 0.25) is 0 Å². The van der Waals surface area contributed by atoms with Crippen LogP contribution in [0.5, 0.6) is 0 Å². The zero-order chi connectivity index (χ0) is 23.9. The summed E-state index contributed by atoms with van der Waals surface area (Å²) in [7, 11) is 1.38. The molecule has 1 amide bonds. The topological polar surface area (TPSA) is 51.5 Å². The number of hydrogen-bond donors (Lipinski definition) is 0. The first kappa shape index (κ1) is 23.1. The van der Waals surface area contributed by atoms with Crippen LogP contribution in [0, 0.1) is 27.7 Å². The number of ether oxygens (including phenoxy) is 1. The summed E-state index contributed by atoms with van der Waals surface area (Å²) in [5.41, 5.74) is 8.16. The Labute approximate surface area is 196 Å². The average molecular weight is 447 g/mol. The lowest BCUT2D eigenvalue weighted by Gasteiger charge is -2.32. The molecule has 1 saturated carbocycles. The molecule has 2 heterocycles. The van der Waals surface area contributed by atoms with E-state index in [1.807, 2.05) is 17.9 Å². The SMILES string of the molecule is COC(=O)C1=C(C)N(C2CCCCC2)C(=O)/C1=C\c1cc(C)n(-c2ccc(C)cc2C)c1C. The molecule has 1 aromatic heterocycles. The summed E-state index contributed by atoms with van der Waals surface area (Å²) in [6, 6.07) is 8.67. The predicted octanol–water partition coefficient (Wildman–Crippen LogP) is 5.72. The molecule has 0 saturated heterocycles. The van der Waals surface area contributed by atoms with E-state index in [1.165, 1.54) is 24.7 Å². The Hall–Kier alpha value is -3.08. The molecule has 0 atom stereocenters. The molecule has 4 rings (SSSR count). The molecule has 0 spiro atoms. The molecule has 5 nitrogen and oxygen atoms in total. The van der Waals surface area contributed by atoms with Gasteiger partial charge in [-0.05, 0) is 76.8 Å². The second-order valence-corrected chi connectivity index (χ2v) is 9.43. The third-order valence-electron chi connectivity index (χ3n) is 7.13. The average Bonchev–Trinajstić information content (AvgIpc) is 3.20. The summed E-state index contributed by atoms with van der Waals surface area (Å²) in [5, 5.41) is 0. The van der Waals surface area contributed by atoms with Gasteiger partial charge in [0.1, 0.15) is 0 Å². The van der Waals surface area contributed by atoms with Crippen molar-refractivity contribution in [3.05, 3.63) is 69.2 Å². The number of aryl methyl sites for hydroxylation is 3. The Morgan fingerprint density at radius 3 is 2.36 bits per heavy atom. The van der Waals surface area contributed by atoms with Crippen LogP contribution in [0.1, 0.15) is 67.1 Å². The van der Waals surface area contributed by atoms with E-state index in [-0.39, 0.29) is 11.9 Å². The first-order chi connectivity index (χ1) is 15.7. The highest BCUT2D eigenvalue weighted by atomic mass is 16.5. The number of hydrogen-bond acceptors (Lipinski definition) is 3. The molecule has 174 valence electrons. The van der Waals surface area contributed by atoms with Crippen molar-refractivity contribution in [2.24, 2.45) is 0 Å². The fraction of sp³-hybridized carbons (Fsp3) is 0.429. The number of aromatic nitrogens is 1. The lowest BCUT2D eigenvalue weighted by atomic mass is 9.94. The van der Waals surface area contributed by atoms with Crippen molar-refractivity contribution in [2.45, 2.75) is 72.8 Å². The highest BCUT2D eigenvalue weighted by molar-refractivity contribution is 6.16. The lowest BCUT2D eigenvalue weighted by molar-refractivity contribution is -0.136. The van der Waals surface area contributed by atoms with Crippen LogP contribution in [0.3, 0.4) is 0 Å². The second-order valence-electron chi connectivity index (χ2n) is 9.43. The molecule has 1 fully saturated rings. The van der Waals surface area contributed by atoms with E-state index in [4.69, 9.17) is 4.74 Å². The van der Waals surface area contributed by atoms with Gasteiger partial charge in [0, 0.05) is 28.8 Å². The number of carbonyl (C=O) groups is 2.